The second-order valence-electron chi connectivity index (χ2n) is 2.86. The highest BCUT2D eigenvalue weighted by Gasteiger charge is 2.24. The first-order valence-corrected chi connectivity index (χ1v) is 4.21. The molecule has 4 heteroatoms. The Bertz CT molecular complexity index is 299. The molecule has 1 aromatic rings. The highest BCUT2D eigenvalue weighted by atomic mass is 35.5. The molecule has 0 unspecified atom stereocenters. The number of rotatable bonds is 2. The van der Waals surface area contributed by atoms with Crippen LogP contribution in [0, 0.1) is 0 Å². The topological polar surface area (TPSA) is 48.1 Å². The van der Waals surface area contributed by atoms with E-state index in [1.54, 1.807) is 6.07 Å². The SMILES string of the molecule is Nc1cc(OC2CC2)c(Cl)cn1. The Balaban J connectivity index is 2.21. The van der Waals surface area contributed by atoms with Crippen LogP contribution in [-0.2, 0) is 0 Å². The number of hydrogen-bond donors (Lipinski definition) is 1. The van der Waals surface area contributed by atoms with Gasteiger partial charge in [-0.1, -0.05) is 11.6 Å². The standard InChI is InChI=1S/C8H9ClN2O/c9-6-4-11-8(10)3-7(6)12-5-1-2-5/h3-5H,1-2H2,(H2,10,11). The van der Waals surface area contributed by atoms with E-state index in [4.69, 9.17) is 22.1 Å². The number of nitrogens with zero attached hydrogens (tertiary/aromatic N) is 1. The predicted molar refractivity (Wildman–Crippen MR) is 47.3 cm³/mol. The van der Waals surface area contributed by atoms with E-state index in [0.29, 0.717) is 22.7 Å². The van der Waals surface area contributed by atoms with Crippen molar-refractivity contribution in [3.63, 3.8) is 0 Å². The number of hydrogen-bond acceptors (Lipinski definition) is 3. The van der Waals surface area contributed by atoms with Crippen LogP contribution in [0.1, 0.15) is 12.8 Å². The molecule has 0 saturated heterocycles. The number of nitrogens with two attached hydrogens (primary N) is 1. The summed E-state index contributed by atoms with van der Waals surface area (Å²) in [5, 5.41) is 0.524. The highest BCUT2D eigenvalue weighted by Crippen LogP contribution is 2.31. The maximum atomic E-state index is 5.83. The van der Waals surface area contributed by atoms with E-state index in [-0.39, 0.29) is 0 Å². The molecule has 2 N–H and O–H groups in total. The third-order valence-corrected chi connectivity index (χ3v) is 1.94. The van der Waals surface area contributed by atoms with Crippen molar-refractivity contribution < 1.29 is 4.74 Å². The van der Waals surface area contributed by atoms with Crippen LogP contribution >= 0.6 is 11.6 Å². The molecule has 64 valence electrons. The summed E-state index contributed by atoms with van der Waals surface area (Å²) in [5.41, 5.74) is 5.47. The molecule has 0 radical (unpaired) electrons. The fourth-order valence-corrected chi connectivity index (χ4v) is 1.04. The van der Waals surface area contributed by atoms with Gasteiger partial charge >= 0.3 is 0 Å². The molecule has 0 atom stereocenters. The van der Waals surface area contributed by atoms with E-state index in [0.717, 1.165) is 12.8 Å². The van der Waals surface area contributed by atoms with Gasteiger partial charge in [0.05, 0.1) is 12.3 Å². The first-order chi connectivity index (χ1) is 5.75. The van der Waals surface area contributed by atoms with Gasteiger partial charge in [0.1, 0.15) is 16.6 Å². The molecule has 12 heavy (non-hydrogen) atoms. The first kappa shape index (κ1) is 7.68. The van der Waals surface area contributed by atoms with Crippen LogP contribution in [0.3, 0.4) is 0 Å². The summed E-state index contributed by atoms with van der Waals surface area (Å²) in [5.74, 6) is 1.08. The summed E-state index contributed by atoms with van der Waals surface area (Å²) < 4.78 is 5.48. The second kappa shape index (κ2) is 2.83. The van der Waals surface area contributed by atoms with Crippen molar-refractivity contribution in [3.05, 3.63) is 17.3 Å². The number of ether oxygens (including phenoxy) is 1. The molecule has 1 aliphatic carbocycles. The van der Waals surface area contributed by atoms with Crippen LogP contribution in [0.2, 0.25) is 5.02 Å². The molecule has 1 heterocycles. The van der Waals surface area contributed by atoms with Crippen LogP contribution in [0.5, 0.6) is 5.75 Å². The minimum atomic E-state index is 0.337. The van der Waals surface area contributed by atoms with E-state index in [9.17, 15) is 0 Å². The fraction of sp³-hybridized carbons (Fsp3) is 0.375. The molecule has 0 amide bonds. The van der Waals surface area contributed by atoms with E-state index < -0.39 is 0 Å². The second-order valence-corrected chi connectivity index (χ2v) is 3.26. The number of aromatic nitrogens is 1. The molecule has 1 aromatic heterocycles. The van der Waals surface area contributed by atoms with Crippen LogP contribution in [0.4, 0.5) is 5.82 Å². The molecule has 1 saturated carbocycles. The van der Waals surface area contributed by atoms with Crippen molar-refractivity contribution in [2.24, 2.45) is 0 Å². The third kappa shape index (κ3) is 1.61. The Morgan fingerprint density at radius 2 is 2.33 bits per heavy atom. The van der Waals surface area contributed by atoms with E-state index >= 15 is 0 Å². The molecule has 2 rings (SSSR count). The van der Waals surface area contributed by atoms with Gasteiger partial charge in [-0.05, 0) is 12.8 Å². The minimum Gasteiger partial charge on any atom is -0.489 e. The summed E-state index contributed by atoms with van der Waals surface area (Å²) in [4.78, 5) is 3.83. The molecule has 0 aliphatic heterocycles. The number of anilines is 1. The van der Waals surface area contributed by atoms with Crippen molar-refractivity contribution in [1.29, 1.82) is 0 Å². The molecule has 0 spiro atoms. The van der Waals surface area contributed by atoms with Gasteiger partial charge in [0.2, 0.25) is 0 Å². The molecule has 1 aliphatic rings. The molecule has 0 aromatic carbocycles. The zero-order valence-corrected chi connectivity index (χ0v) is 7.21. The molecular weight excluding hydrogens is 176 g/mol. The van der Waals surface area contributed by atoms with Gasteiger partial charge in [-0.15, -0.1) is 0 Å². The highest BCUT2D eigenvalue weighted by molar-refractivity contribution is 6.31. The molecule has 3 nitrogen and oxygen atoms in total. The Morgan fingerprint density at radius 3 is 3.00 bits per heavy atom. The van der Waals surface area contributed by atoms with Crippen molar-refractivity contribution in [2.45, 2.75) is 18.9 Å². The number of halogens is 1. The van der Waals surface area contributed by atoms with Gasteiger partial charge in [-0.3, -0.25) is 0 Å². The lowest BCUT2D eigenvalue weighted by atomic mass is 10.4. The lowest BCUT2D eigenvalue weighted by Gasteiger charge is -2.05. The largest absolute Gasteiger partial charge is 0.489 e. The summed E-state index contributed by atoms with van der Waals surface area (Å²) >= 11 is 5.83. The quantitative estimate of drug-likeness (QED) is 0.763. The zero-order valence-electron chi connectivity index (χ0n) is 6.46. The van der Waals surface area contributed by atoms with Crippen LogP contribution in [0.15, 0.2) is 12.3 Å². The minimum absolute atomic E-state index is 0.337. The smallest absolute Gasteiger partial charge is 0.143 e. The first-order valence-electron chi connectivity index (χ1n) is 3.83. The van der Waals surface area contributed by atoms with E-state index in [1.807, 2.05) is 0 Å². The van der Waals surface area contributed by atoms with Gasteiger partial charge < -0.3 is 10.5 Å². The Labute approximate surface area is 75.5 Å². The molecule has 1 fully saturated rings. The van der Waals surface area contributed by atoms with Crippen molar-refractivity contribution in [3.8, 4) is 5.75 Å². The zero-order chi connectivity index (χ0) is 8.55. The maximum absolute atomic E-state index is 5.83. The van der Waals surface area contributed by atoms with Gasteiger partial charge in [0.15, 0.2) is 0 Å². The van der Waals surface area contributed by atoms with Crippen molar-refractivity contribution in [1.82, 2.24) is 4.98 Å². The predicted octanol–water partition coefficient (Wildman–Crippen LogP) is 1.86. The number of nitrogen functional groups attached to an aromatic ring is 1. The summed E-state index contributed by atoms with van der Waals surface area (Å²) in [6, 6.07) is 1.65. The summed E-state index contributed by atoms with van der Waals surface area (Å²) in [6.07, 6.45) is 4.07. The monoisotopic (exact) mass is 184 g/mol. The van der Waals surface area contributed by atoms with Crippen LogP contribution in [0.25, 0.3) is 0 Å². The van der Waals surface area contributed by atoms with Crippen molar-refractivity contribution in [2.75, 3.05) is 5.73 Å². The van der Waals surface area contributed by atoms with Gasteiger partial charge in [-0.2, -0.15) is 0 Å². The van der Waals surface area contributed by atoms with Crippen LogP contribution in [-0.4, -0.2) is 11.1 Å². The van der Waals surface area contributed by atoms with E-state index in [2.05, 4.69) is 4.98 Å². The Kier molecular flexibility index (Phi) is 1.81. The average Bonchev–Trinajstić information content (AvgIpc) is 2.81. The normalized spacial score (nSPS) is 16.1. The van der Waals surface area contributed by atoms with Crippen LogP contribution < -0.4 is 10.5 Å². The fourth-order valence-electron chi connectivity index (χ4n) is 0.891. The summed E-state index contributed by atoms with van der Waals surface area (Å²) in [7, 11) is 0. The average molecular weight is 185 g/mol. The lowest BCUT2D eigenvalue weighted by Crippen LogP contribution is -1.98. The number of pyridine rings is 1. The Morgan fingerprint density at radius 1 is 1.58 bits per heavy atom. The molecule has 0 bridgehead atoms. The Hall–Kier alpha value is -0.960. The summed E-state index contributed by atoms with van der Waals surface area (Å²) in [6.45, 7) is 0. The van der Waals surface area contributed by atoms with Gasteiger partial charge in [0.25, 0.3) is 0 Å². The maximum Gasteiger partial charge on any atom is 0.143 e. The van der Waals surface area contributed by atoms with Crippen molar-refractivity contribution >= 4 is 17.4 Å². The van der Waals surface area contributed by atoms with E-state index in [1.165, 1.54) is 6.20 Å². The van der Waals surface area contributed by atoms with Gasteiger partial charge in [0, 0.05) is 6.07 Å². The third-order valence-electron chi connectivity index (χ3n) is 1.66. The molecular formula is C8H9ClN2O. The lowest BCUT2D eigenvalue weighted by molar-refractivity contribution is 0.303. The van der Waals surface area contributed by atoms with Gasteiger partial charge in [-0.25, -0.2) is 4.98 Å².